The van der Waals surface area contributed by atoms with E-state index in [4.69, 9.17) is 9.47 Å². The Kier molecular flexibility index (Phi) is 8.85. The SMILES string of the molecule is COc1ccc(CC(=O)N(Cc2ccc(F)cc2)C(C)C(=O)NCC(C)C)cc1OC. The standard InChI is InChI=1S/C24H31FN2O4/c1-16(2)14-26-24(29)17(3)27(15-18-6-9-20(25)10-7-18)23(28)13-19-8-11-21(30-4)22(12-19)31-5/h6-12,16-17H,13-15H2,1-5H3,(H,26,29). The van der Waals surface area contributed by atoms with Crippen molar-refractivity contribution in [2.75, 3.05) is 20.8 Å². The third-order valence-electron chi connectivity index (χ3n) is 4.92. The summed E-state index contributed by atoms with van der Waals surface area (Å²) in [6.45, 7) is 6.43. The Morgan fingerprint density at radius 3 is 2.16 bits per heavy atom. The van der Waals surface area contributed by atoms with Crippen LogP contribution in [0.3, 0.4) is 0 Å². The molecule has 0 aliphatic heterocycles. The Labute approximate surface area is 183 Å². The number of hydrogen-bond donors (Lipinski definition) is 1. The van der Waals surface area contributed by atoms with Crippen LogP contribution in [0.2, 0.25) is 0 Å². The first kappa shape index (κ1) is 24.2. The van der Waals surface area contributed by atoms with Crippen LogP contribution in [0.4, 0.5) is 4.39 Å². The number of nitrogens with one attached hydrogen (secondary N) is 1. The van der Waals surface area contributed by atoms with Gasteiger partial charge in [-0.3, -0.25) is 9.59 Å². The predicted octanol–water partition coefficient (Wildman–Crippen LogP) is 3.57. The molecule has 0 aliphatic rings. The lowest BCUT2D eigenvalue weighted by Gasteiger charge is -2.29. The molecular weight excluding hydrogens is 399 g/mol. The second-order valence-corrected chi connectivity index (χ2v) is 7.83. The second kappa shape index (κ2) is 11.3. The van der Waals surface area contributed by atoms with Crippen molar-refractivity contribution in [1.82, 2.24) is 10.2 Å². The average Bonchev–Trinajstić information content (AvgIpc) is 2.76. The quantitative estimate of drug-likeness (QED) is 0.626. The number of carbonyl (C=O) groups excluding carboxylic acids is 2. The molecule has 31 heavy (non-hydrogen) atoms. The van der Waals surface area contributed by atoms with E-state index in [1.165, 1.54) is 24.1 Å². The van der Waals surface area contributed by atoms with Crippen LogP contribution < -0.4 is 14.8 Å². The fourth-order valence-electron chi connectivity index (χ4n) is 3.09. The minimum Gasteiger partial charge on any atom is -0.493 e. The molecule has 2 amide bonds. The van der Waals surface area contributed by atoms with E-state index in [2.05, 4.69) is 5.32 Å². The minimum atomic E-state index is -0.684. The average molecular weight is 431 g/mol. The summed E-state index contributed by atoms with van der Waals surface area (Å²) >= 11 is 0. The van der Waals surface area contributed by atoms with Gasteiger partial charge >= 0.3 is 0 Å². The van der Waals surface area contributed by atoms with Crippen molar-refractivity contribution in [2.24, 2.45) is 5.92 Å². The normalized spacial score (nSPS) is 11.7. The number of ether oxygens (including phenoxy) is 2. The number of hydrogen-bond acceptors (Lipinski definition) is 4. The summed E-state index contributed by atoms with van der Waals surface area (Å²) in [4.78, 5) is 27.4. The van der Waals surface area contributed by atoms with Crippen LogP contribution >= 0.6 is 0 Å². The lowest BCUT2D eigenvalue weighted by molar-refractivity contribution is -0.140. The van der Waals surface area contributed by atoms with Gasteiger partial charge in [-0.15, -0.1) is 0 Å². The summed E-state index contributed by atoms with van der Waals surface area (Å²) in [7, 11) is 3.08. The molecule has 0 bridgehead atoms. The molecule has 7 heteroatoms. The van der Waals surface area contributed by atoms with E-state index in [0.29, 0.717) is 24.0 Å². The molecule has 0 saturated carbocycles. The Bertz CT molecular complexity index is 884. The van der Waals surface area contributed by atoms with E-state index in [-0.39, 0.29) is 30.6 Å². The fourth-order valence-corrected chi connectivity index (χ4v) is 3.09. The smallest absolute Gasteiger partial charge is 0.242 e. The maximum atomic E-state index is 13.3. The van der Waals surface area contributed by atoms with Gasteiger partial charge in [-0.2, -0.15) is 0 Å². The van der Waals surface area contributed by atoms with E-state index >= 15 is 0 Å². The molecule has 0 aliphatic carbocycles. The molecule has 0 heterocycles. The molecule has 0 radical (unpaired) electrons. The number of nitrogens with zero attached hydrogens (tertiary/aromatic N) is 1. The topological polar surface area (TPSA) is 67.9 Å². The van der Waals surface area contributed by atoms with Crippen molar-refractivity contribution in [2.45, 2.75) is 39.8 Å². The third kappa shape index (κ3) is 6.98. The van der Waals surface area contributed by atoms with E-state index < -0.39 is 6.04 Å². The van der Waals surface area contributed by atoms with Crippen molar-refractivity contribution in [3.8, 4) is 11.5 Å². The van der Waals surface area contributed by atoms with Gasteiger partial charge in [0.15, 0.2) is 11.5 Å². The Morgan fingerprint density at radius 2 is 1.58 bits per heavy atom. The molecule has 0 saturated heterocycles. The number of benzene rings is 2. The van der Waals surface area contributed by atoms with Crippen molar-refractivity contribution >= 4 is 11.8 Å². The molecule has 0 spiro atoms. The molecular formula is C24H31FN2O4. The van der Waals surface area contributed by atoms with Gasteiger partial charge in [0.1, 0.15) is 11.9 Å². The highest BCUT2D eigenvalue weighted by molar-refractivity contribution is 5.88. The molecule has 1 atom stereocenters. The van der Waals surface area contributed by atoms with Crippen LogP contribution in [0, 0.1) is 11.7 Å². The van der Waals surface area contributed by atoms with Crippen LogP contribution in [-0.2, 0) is 22.6 Å². The first-order valence-electron chi connectivity index (χ1n) is 10.3. The zero-order chi connectivity index (χ0) is 23.0. The number of rotatable bonds is 10. The molecule has 2 rings (SSSR count). The summed E-state index contributed by atoms with van der Waals surface area (Å²) in [5.74, 6) is 0.600. The van der Waals surface area contributed by atoms with Crippen molar-refractivity contribution in [3.05, 3.63) is 59.4 Å². The molecule has 2 aromatic carbocycles. The fraction of sp³-hybridized carbons (Fsp3) is 0.417. The molecule has 6 nitrogen and oxygen atoms in total. The van der Waals surface area contributed by atoms with Crippen LogP contribution in [0.1, 0.15) is 31.9 Å². The van der Waals surface area contributed by atoms with E-state index in [0.717, 1.165) is 11.1 Å². The zero-order valence-electron chi connectivity index (χ0n) is 18.8. The van der Waals surface area contributed by atoms with Gasteiger partial charge in [0.25, 0.3) is 0 Å². The molecule has 168 valence electrons. The number of carbonyl (C=O) groups is 2. The first-order chi connectivity index (χ1) is 14.7. The molecule has 1 N–H and O–H groups in total. The summed E-state index contributed by atoms with van der Waals surface area (Å²) in [6.07, 6.45) is 0.0867. The van der Waals surface area contributed by atoms with Gasteiger partial charge in [0.05, 0.1) is 20.6 Å². The summed E-state index contributed by atoms with van der Waals surface area (Å²) < 4.78 is 23.9. The van der Waals surface area contributed by atoms with Gasteiger partial charge in [-0.1, -0.05) is 32.0 Å². The lowest BCUT2D eigenvalue weighted by atomic mass is 10.1. The molecule has 2 aromatic rings. The van der Waals surface area contributed by atoms with E-state index in [9.17, 15) is 14.0 Å². The Hall–Kier alpha value is -3.09. The monoisotopic (exact) mass is 430 g/mol. The zero-order valence-corrected chi connectivity index (χ0v) is 18.8. The van der Waals surface area contributed by atoms with Gasteiger partial charge in [-0.25, -0.2) is 4.39 Å². The van der Waals surface area contributed by atoms with Crippen LogP contribution in [0.5, 0.6) is 11.5 Å². The van der Waals surface area contributed by atoms with Crippen molar-refractivity contribution in [3.63, 3.8) is 0 Å². The molecule has 1 unspecified atom stereocenters. The molecule has 0 fully saturated rings. The minimum absolute atomic E-state index is 0.0867. The first-order valence-corrected chi connectivity index (χ1v) is 10.3. The maximum absolute atomic E-state index is 13.3. The summed E-state index contributed by atoms with van der Waals surface area (Å²) in [5.41, 5.74) is 1.48. The van der Waals surface area contributed by atoms with Crippen LogP contribution in [0.15, 0.2) is 42.5 Å². The van der Waals surface area contributed by atoms with Crippen LogP contribution in [-0.4, -0.2) is 43.5 Å². The highest BCUT2D eigenvalue weighted by atomic mass is 19.1. The van der Waals surface area contributed by atoms with E-state index in [1.807, 2.05) is 13.8 Å². The second-order valence-electron chi connectivity index (χ2n) is 7.83. The van der Waals surface area contributed by atoms with Gasteiger partial charge in [-0.05, 0) is 48.2 Å². The van der Waals surface area contributed by atoms with Crippen molar-refractivity contribution < 1.29 is 23.5 Å². The number of halogens is 1. The third-order valence-corrected chi connectivity index (χ3v) is 4.92. The predicted molar refractivity (Wildman–Crippen MR) is 118 cm³/mol. The Balaban J connectivity index is 2.24. The summed E-state index contributed by atoms with van der Waals surface area (Å²) in [6, 6.07) is 10.5. The highest BCUT2D eigenvalue weighted by Gasteiger charge is 2.26. The van der Waals surface area contributed by atoms with Crippen LogP contribution in [0.25, 0.3) is 0 Å². The van der Waals surface area contributed by atoms with Gasteiger partial charge in [0.2, 0.25) is 11.8 Å². The van der Waals surface area contributed by atoms with E-state index in [1.54, 1.807) is 44.4 Å². The van der Waals surface area contributed by atoms with Gasteiger partial charge in [0, 0.05) is 13.1 Å². The van der Waals surface area contributed by atoms with Gasteiger partial charge < -0.3 is 19.7 Å². The Morgan fingerprint density at radius 1 is 0.968 bits per heavy atom. The molecule has 0 aromatic heterocycles. The lowest BCUT2D eigenvalue weighted by Crippen LogP contribution is -2.48. The summed E-state index contributed by atoms with van der Waals surface area (Å²) in [5, 5.41) is 2.88. The largest absolute Gasteiger partial charge is 0.493 e. The number of amides is 2. The number of methoxy groups -OCH3 is 2. The van der Waals surface area contributed by atoms with Crippen molar-refractivity contribution in [1.29, 1.82) is 0 Å². The highest BCUT2D eigenvalue weighted by Crippen LogP contribution is 2.28. The maximum Gasteiger partial charge on any atom is 0.242 e.